The maximum Gasteiger partial charge on any atom is 0.0931 e. The van der Waals surface area contributed by atoms with Crippen molar-refractivity contribution in [3.8, 4) is 0 Å². The summed E-state index contributed by atoms with van der Waals surface area (Å²) in [5.41, 5.74) is 5.70. The predicted molar refractivity (Wildman–Crippen MR) is 42.6 cm³/mol. The van der Waals surface area contributed by atoms with Gasteiger partial charge in [0, 0.05) is 6.04 Å². The number of aliphatic hydroxyl groups is 1. The highest BCUT2D eigenvalue weighted by Gasteiger charge is 1.98. The van der Waals surface area contributed by atoms with Crippen molar-refractivity contribution in [2.45, 2.75) is 32.2 Å². The molecule has 0 aromatic rings. The molecule has 0 aromatic carbocycles. The molecule has 0 aromatic heterocycles. The highest BCUT2D eigenvalue weighted by atomic mass is 16.3. The Morgan fingerprint density at radius 3 is 2.70 bits per heavy atom. The third-order valence-electron chi connectivity index (χ3n) is 1.46. The Bertz CT molecular complexity index is 68.6. The molecule has 0 amide bonds. The van der Waals surface area contributed by atoms with Gasteiger partial charge >= 0.3 is 0 Å². The van der Waals surface area contributed by atoms with Crippen LogP contribution in [0.5, 0.6) is 0 Å². The second kappa shape index (κ2) is 6.99. The molecule has 0 aliphatic rings. The third kappa shape index (κ3) is 6.01. The number of rotatable bonds is 6. The average molecular weight is 146 g/mol. The summed E-state index contributed by atoms with van der Waals surface area (Å²) in [7, 11) is 0. The van der Waals surface area contributed by atoms with Gasteiger partial charge in [-0.25, -0.2) is 0 Å². The lowest BCUT2D eigenvalue weighted by Crippen LogP contribution is -2.26. The minimum atomic E-state index is 0.0544. The second-order valence-corrected chi connectivity index (χ2v) is 2.50. The van der Waals surface area contributed by atoms with Gasteiger partial charge in [0.25, 0.3) is 0 Å². The van der Waals surface area contributed by atoms with E-state index in [2.05, 4.69) is 12.2 Å². The number of aliphatic hydroxyl groups excluding tert-OH is 1. The lowest BCUT2D eigenvalue weighted by atomic mass is 10.1. The van der Waals surface area contributed by atoms with Crippen molar-refractivity contribution in [3.05, 3.63) is 0 Å². The molecule has 0 heterocycles. The first-order chi connectivity index (χ1) is 4.81. The zero-order valence-electron chi connectivity index (χ0n) is 6.64. The number of hydrogen-bond donors (Lipinski definition) is 3. The molecule has 0 bridgehead atoms. The van der Waals surface area contributed by atoms with Crippen LogP contribution in [-0.4, -0.2) is 24.4 Å². The van der Waals surface area contributed by atoms with Gasteiger partial charge in [-0.2, -0.15) is 0 Å². The van der Waals surface area contributed by atoms with E-state index < -0.39 is 0 Å². The van der Waals surface area contributed by atoms with Gasteiger partial charge in [-0.3, -0.25) is 5.32 Å². The molecule has 10 heavy (non-hydrogen) atoms. The monoisotopic (exact) mass is 146 g/mol. The summed E-state index contributed by atoms with van der Waals surface area (Å²) >= 11 is 0. The van der Waals surface area contributed by atoms with Gasteiger partial charge in [-0.15, -0.1) is 0 Å². The largest absolute Gasteiger partial charge is 0.381 e. The van der Waals surface area contributed by atoms with Gasteiger partial charge in [0.05, 0.1) is 6.73 Å². The summed E-state index contributed by atoms with van der Waals surface area (Å²) in [4.78, 5) is 0. The topological polar surface area (TPSA) is 58.3 Å². The van der Waals surface area contributed by atoms with Crippen molar-refractivity contribution in [1.29, 1.82) is 0 Å². The van der Waals surface area contributed by atoms with Crippen molar-refractivity contribution >= 4 is 0 Å². The fraction of sp³-hybridized carbons (Fsp3) is 1.00. The van der Waals surface area contributed by atoms with E-state index in [1.165, 1.54) is 0 Å². The van der Waals surface area contributed by atoms with E-state index in [9.17, 15) is 0 Å². The highest BCUT2D eigenvalue weighted by Crippen LogP contribution is 1.95. The van der Waals surface area contributed by atoms with Gasteiger partial charge in [0.2, 0.25) is 0 Å². The second-order valence-electron chi connectivity index (χ2n) is 2.50. The lowest BCUT2D eigenvalue weighted by Gasteiger charge is -2.08. The van der Waals surface area contributed by atoms with Crippen LogP contribution in [0.3, 0.4) is 0 Å². The van der Waals surface area contributed by atoms with E-state index in [-0.39, 0.29) is 6.73 Å². The van der Waals surface area contributed by atoms with Crippen molar-refractivity contribution in [2.24, 2.45) is 5.73 Å². The van der Waals surface area contributed by atoms with Crippen LogP contribution in [0.15, 0.2) is 0 Å². The molecule has 0 spiro atoms. The maximum atomic E-state index is 8.36. The summed E-state index contributed by atoms with van der Waals surface area (Å²) in [6.07, 6.45) is 3.17. The first-order valence-electron chi connectivity index (χ1n) is 3.88. The van der Waals surface area contributed by atoms with Crippen LogP contribution in [-0.2, 0) is 0 Å². The third-order valence-corrected chi connectivity index (χ3v) is 1.46. The molecule has 0 fully saturated rings. The van der Waals surface area contributed by atoms with Crippen molar-refractivity contribution < 1.29 is 5.11 Å². The Hall–Kier alpha value is -0.120. The number of nitrogens with two attached hydrogens (primary N) is 1. The van der Waals surface area contributed by atoms with Crippen molar-refractivity contribution in [3.63, 3.8) is 0 Å². The predicted octanol–water partition coefficient (Wildman–Crippen LogP) is 0.0433. The first-order valence-corrected chi connectivity index (χ1v) is 3.88. The average Bonchev–Trinajstić information content (AvgIpc) is 1.89. The number of hydrogen-bond acceptors (Lipinski definition) is 3. The van der Waals surface area contributed by atoms with E-state index in [1.807, 2.05) is 0 Å². The molecule has 62 valence electrons. The summed E-state index contributed by atoms with van der Waals surface area (Å²) < 4.78 is 0. The fourth-order valence-corrected chi connectivity index (χ4v) is 0.882. The van der Waals surface area contributed by atoms with E-state index in [4.69, 9.17) is 10.8 Å². The van der Waals surface area contributed by atoms with Gasteiger partial charge in [-0.1, -0.05) is 13.3 Å². The minimum absolute atomic E-state index is 0.0544. The summed E-state index contributed by atoms with van der Waals surface area (Å²) in [6, 6.07) is 0.295. The molecule has 0 saturated heterocycles. The lowest BCUT2D eigenvalue weighted by molar-refractivity contribution is 0.258. The van der Waals surface area contributed by atoms with Crippen molar-refractivity contribution in [1.82, 2.24) is 5.32 Å². The molecule has 3 heteroatoms. The molecule has 0 aliphatic carbocycles. The smallest absolute Gasteiger partial charge is 0.0931 e. The Morgan fingerprint density at radius 1 is 1.50 bits per heavy atom. The molecule has 1 unspecified atom stereocenters. The van der Waals surface area contributed by atoms with Crippen molar-refractivity contribution in [2.75, 3.05) is 13.3 Å². The Kier molecular flexibility index (Phi) is 6.91. The molecule has 0 saturated carbocycles. The number of nitrogens with one attached hydrogen (secondary N) is 1. The standard InChI is InChI=1S/C7H18N2O/c1-2-3-7(8)4-5-9-6-10/h7,9-10H,2-6,8H2,1H3. The quantitative estimate of drug-likeness (QED) is 0.366. The summed E-state index contributed by atoms with van der Waals surface area (Å²) in [5.74, 6) is 0. The van der Waals surface area contributed by atoms with E-state index in [0.29, 0.717) is 6.04 Å². The van der Waals surface area contributed by atoms with Crippen LogP contribution in [0.1, 0.15) is 26.2 Å². The van der Waals surface area contributed by atoms with Gasteiger partial charge < -0.3 is 10.8 Å². The maximum absolute atomic E-state index is 8.36. The Balaban J connectivity index is 2.97. The van der Waals surface area contributed by atoms with Crippen LogP contribution in [0.4, 0.5) is 0 Å². The minimum Gasteiger partial charge on any atom is -0.381 e. The summed E-state index contributed by atoms with van der Waals surface area (Å²) in [5, 5.41) is 11.2. The zero-order chi connectivity index (χ0) is 7.82. The van der Waals surface area contributed by atoms with Gasteiger partial charge in [-0.05, 0) is 19.4 Å². The van der Waals surface area contributed by atoms with Crippen LogP contribution in [0.2, 0.25) is 0 Å². The molecule has 1 atom stereocenters. The van der Waals surface area contributed by atoms with Crippen LogP contribution in [0.25, 0.3) is 0 Å². The molecular formula is C7H18N2O. The van der Waals surface area contributed by atoms with E-state index >= 15 is 0 Å². The fourth-order valence-electron chi connectivity index (χ4n) is 0.882. The molecule has 0 rings (SSSR count). The zero-order valence-corrected chi connectivity index (χ0v) is 6.64. The Labute approximate surface area is 62.6 Å². The first kappa shape index (κ1) is 9.88. The van der Waals surface area contributed by atoms with Gasteiger partial charge in [0.1, 0.15) is 0 Å². The molecule has 4 N–H and O–H groups in total. The van der Waals surface area contributed by atoms with Crippen LogP contribution >= 0.6 is 0 Å². The molecule has 0 aliphatic heterocycles. The highest BCUT2D eigenvalue weighted by molar-refractivity contribution is 4.60. The van der Waals surface area contributed by atoms with E-state index in [1.54, 1.807) is 0 Å². The molecule has 3 nitrogen and oxygen atoms in total. The molecule has 0 radical (unpaired) electrons. The Morgan fingerprint density at radius 2 is 2.20 bits per heavy atom. The van der Waals surface area contributed by atoms with Gasteiger partial charge in [0.15, 0.2) is 0 Å². The molecular weight excluding hydrogens is 128 g/mol. The van der Waals surface area contributed by atoms with E-state index in [0.717, 1.165) is 25.8 Å². The normalized spacial score (nSPS) is 13.5. The van der Waals surface area contributed by atoms with Crippen LogP contribution < -0.4 is 11.1 Å². The SMILES string of the molecule is CCCC(N)CCNCO. The van der Waals surface area contributed by atoms with Crippen LogP contribution in [0, 0.1) is 0 Å². The summed E-state index contributed by atoms with van der Waals surface area (Å²) in [6.45, 7) is 3.00.